The largest absolute Gasteiger partial charge is 0.457 e. The molecule has 3 aromatic rings. The van der Waals surface area contributed by atoms with Gasteiger partial charge in [0, 0.05) is 31.9 Å². The van der Waals surface area contributed by atoms with Crippen molar-refractivity contribution in [2.24, 2.45) is 0 Å². The van der Waals surface area contributed by atoms with Crippen LogP contribution in [0, 0.1) is 5.82 Å². The number of nitrogens with one attached hydrogen (secondary N) is 1. The Labute approximate surface area is 202 Å². The molecular weight excluding hydrogens is 457 g/mol. The van der Waals surface area contributed by atoms with Crippen molar-refractivity contribution in [3.05, 3.63) is 90.2 Å². The van der Waals surface area contributed by atoms with Crippen molar-refractivity contribution >= 4 is 29.1 Å². The molecule has 0 radical (unpaired) electrons. The highest BCUT2D eigenvalue weighted by Crippen LogP contribution is 2.32. The van der Waals surface area contributed by atoms with Gasteiger partial charge in [-0.15, -0.1) is 11.6 Å². The first kappa shape index (κ1) is 23.7. The number of nitrogens with zero attached hydrogens (tertiary/aromatic N) is 2. The number of benzene rings is 3. The lowest BCUT2D eigenvalue weighted by Gasteiger charge is -2.36. The third-order valence-corrected chi connectivity index (χ3v) is 5.81. The second kappa shape index (κ2) is 11.1. The first-order valence-electron chi connectivity index (χ1n) is 11.0. The summed E-state index contributed by atoms with van der Waals surface area (Å²) in [5.41, 5.74) is 0.997. The molecule has 176 valence electrons. The fourth-order valence-electron chi connectivity index (χ4n) is 3.91. The molecule has 3 aromatic carbocycles. The zero-order valence-electron chi connectivity index (χ0n) is 18.5. The van der Waals surface area contributed by atoms with Gasteiger partial charge in [0.15, 0.2) is 0 Å². The van der Waals surface area contributed by atoms with E-state index in [0.717, 1.165) is 0 Å². The molecule has 1 fully saturated rings. The molecule has 4 rings (SSSR count). The summed E-state index contributed by atoms with van der Waals surface area (Å²) in [6.07, 6.45) is 0. The normalized spacial score (nSPS) is 14.4. The standard InChI is InChI=1S/C26H25ClFN3O3/c27-18-24(32)31(21-10-12-23(13-11-21)34-22-4-2-1-3-5-22)25(19-6-8-20(28)9-7-19)26(33)30-16-14-29-15-17-30/h1-13,25,29H,14-18H2/t25-/m0/s1. The summed E-state index contributed by atoms with van der Waals surface area (Å²) >= 11 is 5.97. The van der Waals surface area contributed by atoms with Gasteiger partial charge >= 0.3 is 0 Å². The Hall–Kier alpha value is -3.42. The topological polar surface area (TPSA) is 61.9 Å². The molecule has 1 aliphatic heterocycles. The van der Waals surface area contributed by atoms with Crippen LogP contribution >= 0.6 is 11.6 Å². The van der Waals surface area contributed by atoms with Gasteiger partial charge in [-0.2, -0.15) is 0 Å². The quantitative estimate of drug-likeness (QED) is 0.509. The maximum atomic E-state index is 13.7. The van der Waals surface area contributed by atoms with Crippen molar-refractivity contribution in [3.63, 3.8) is 0 Å². The van der Waals surface area contributed by atoms with Gasteiger partial charge < -0.3 is 15.0 Å². The van der Waals surface area contributed by atoms with Gasteiger partial charge in [-0.3, -0.25) is 14.5 Å². The van der Waals surface area contributed by atoms with Crippen LogP contribution in [0.4, 0.5) is 10.1 Å². The molecule has 0 aliphatic carbocycles. The number of amides is 2. The van der Waals surface area contributed by atoms with Crippen molar-refractivity contribution in [2.75, 3.05) is 37.0 Å². The number of carbonyl (C=O) groups excluding carboxylic acids is 2. The first-order chi connectivity index (χ1) is 16.6. The van der Waals surface area contributed by atoms with Gasteiger partial charge in [0.25, 0.3) is 0 Å². The molecule has 0 spiro atoms. The molecule has 1 saturated heterocycles. The third-order valence-electron chi connectivity index (χ3n) is 5.58. The molecule has 8 heteroatoms. The lowest BCUT2D eigenvalue weighted by atomic mass is 10.0. The van der Waals surface area contributed by atoms with E-state index in [1.54, 1.807) is 29.2 Å². The number of ether oxygens (including phenoxy) is 1. The number of anilines is 1. The van der Waals surface area contributed by atoms with Gasteiger partial charge in [0.2, 0.25) is 11.8 Å². The van der Waals surface area contributed by atoms with E-state index in [1.807, 2.05) is 30.3 Å². The Morgan fingerprint density at radius 1 is 0.941 bits per heavy atom. The second-order valence-electron chi connectivity index (χ2n) is 7.84. The number of hydrogen-bond donors (Lipinski definition) is 1. The molecular formula is C26H25ClFN3O3. The molecule has 6 nitrogen and oxygen atoms in total. The Morgan fingerprint density at radius 2 is 1.56 bits per heavy atom. The minimum atomic E-state index is -0.981. The summed E-state index contributed by atoms with van der Waals surface area (Å²) in [5, 5.41) is 3.22. The number of para-hydroxylation sites is 1. The highest BCUT2D eigenvalue weighted by Gasteiger charge is 2.35. The van der Waals surface area contributed by atoms with Gasteiger partial charge in [0.1, 0.15) is 29.2 Å². The molecule has 1 atom stereocenters. The van der Waals surface area contributed by atoms with Crippen LogP contribution in [0.5, 0.6) is 11.5 Å². The SMILES string of the molecule is O=C([C@H](c1ccc(F)cc1)N(C(=O)CCl)c1ccc(Oc2ccccc2)cc1)N1CCNCC1. The number of piperazine rings is 1. The molecule has 0 unspecified atom stereocenters. The van der Waals surface area contributed by atoms with E-state index in [-0.39, 0.29) is 11.8 Å². The highest BCUT2D eigenvalue weighted by molar-refractivity contribution is 6.29. The van der Waals surface area contributed by atoms with E-state index in [2.05, 4.69) is 5.32 Å². The predicted molar refractivity (Wildman–Crippen MR) is 130 cm³/mol. The summed E-state index contributed by atoms with van der Waals surface area (Å²) in [7, 11) is 0. The van der Waals surface area contributed by atoms with E-state index in [9.17, 15) is 14.0 Å². The summed E-state index contributed by atoms with van der Waals surface area (Å²) in [6, 6.07) is 20.9. The molecule has 0 saturated carbocycles. The minimum Gasteiger partial charge on any atom is -0.457 e. The van der Waals surface area contributed by atoms with Crippen LogP contribution < -0.4 is 15.0 Å². The number of hydrogen-bond acceptors (Lipinski definition) is 4. The Balaban J connectivity index is 1.69. The van der Waals surface area contributed by atoms with E-state index in [1.165, 1.54) is 29.2 Å². The van der Waals surface area contributed by atoms with Crippen molar-refractivity contribution < 1.29 is 18.7 Å². The maximum absolute atomic E-state index is 13.7. The average molecular weight is 482 g/mol. The van der Waals surface area contributed by atoms with Crippen molar-refractivity contribution in [1.29, 1.82) is 0 Å². The van der Waals surface area contributed by atoms with E-state index >= 15 is 0 Å². The van der Waals surface area contributed by atoms with E-state index in [4.69, 9.17) is 16.3 Å². The van der Waals surface area contributed by atoms with Crippen molar-refractivity contribution in [1.82, 2.24) is 10.2 Å². The fourth-order valence-corrected chi connectivity index (χ4v) is 4.03. The predicted octanol–water partition coefficient (Wildman–Crippen LogP) is 4.36. The summed E-state index contributed by atoms with van der Waals surface area (Å²) in [4.78, 5) is 29.8. The van der Waals surface area contributed by atoms with Crippen LogP contribution in [0.2, 0.25) is 0 Å². The van der Waals surface area contributed by atoms with Crippen LogP contribution in [0.1, 0.15) is 11.6 Å². The maximum Gasteiger partial charge on any atom is 0.250 e. The third kappa shape index (κ3) is 5.55. The summed E-state index contributed by atoms with van der Waals surface area (Å²) in [5.74, 6) is -0.140. The van der Waals surface area contributed by atoms with Crippen LogP contribution in [0.25, 0.3) is 0 Å². The van der Waals surface area contributed by atoms with Crippen LogP contribution in [-0.2, 0) is 9.59 Å². The van der Waals surface area contributed by atoms with Crippen LogP contribution in [0.3, 0.4) is 0 Å². The lowest BCUT2D eigenvalue weighted by Crippen LogP contribution is -2.52. The van der Waals surface area contributed by atoms with Crippen molar-refractivity contribution in [2.45, 2.75) is 6.04 Å². The average Bonchev–Trinajstić information content (AvgIpc) is 2.89. The lowest BCUT2D eigenvalue weighted by molar-refractivity contribution is -0.135. The van der Waals surface area contributed by atoms with E-state index in [0.29, 0.717) is 48.9 Å². The first-order valence-corrected chi connectivity index (χ1v) is 11.6. The molecule has 1 aliphatic rings. The highest BCUT2D eigenvalue weighted by atomic mass is 35.5. The van der Waals surface area contributed by atoms with E-state index < -0.39 is 17.8 Å². The molecule has 34 heavy (non-hydrogen) atoms. The second-order valence-corrected chi connectivity index (χ2v) is 8.10. The van der Waals surface area contributed by atoms with Crippen LogP contribution in [0.15, 0.2) is 78.9 Å². The van der Waals surface area contributed by atoms with Crippen molar-refractivity contribution in [3.8, 4) is 11.5 Å². The zero-order chi connectivity index (χ0) is 23.9. The molecule has 2 amide bonds. The molecule has 0 aromatic heterocycles. The van der Waals surface area contributed by atoms with Gasteiger partial charge in [-0.05, 0) is 54.1 Å². The minimum absolute atomic E-state index is 0.240. The van der Waals surface area contributed by atoms with Crippen LogP contribution in [-0.4, -0.2) is 48.8 Å². The Morgan fingerprint density at radius 3 is 2.18 bits per heavy atom. The monoisotopic (exact) mass is 481 g/mol. The van der Waals surface area contributed by atoms with Gasteiger partial charge in [-0.25, -0.2) is 4.39 Å². The fraction of sp³-hybridized carbons (Fsp3) is 0.231. The summed E-state index contributed by atoms with van der Waals surface area (Å²) < 4.78 is 19.5. The number of carbonyl (C=O) groups is 2. The molecule has 0 bridgehead atoms. The number of rotatable bonds is 7. The van der Waals surface area contributed by atoms with Gasteiger partial charge in [0.05, 0.1) is 0 Å². The Kier molecular flexibility index (Phi) is 7.77. The summed E-state index contributed by atoms with van der Waals surface area (Å²) in [6.45, 7) is 2.36. The molecule has 1 heterocycles. The number of alkyl halides is 1. The zero-order valence-corrected chi connectivity index (χ0v) is 19.2. The van der Waals surface area contributed by atoms with Gasteiger partial charge in [-0.1, -0.05) is 30.3 Å². The Bertz CT molecular complexity index is 1100. The smallest absolute Gasteiger partial charge is 0.250 e. The number of halogens is 2. The molecule has 1 N–H and O–H groups in total.